The quantitative estimate of drug-likeness (QED) is 0.865. The van der Waals surface area contributed by atoms with Crippen molar-refractivity contribution in [3.8, 4) is 0 Å². The summed E-state index contributed by atoms with van der Waals surface area (Å²) in [6.45, 7) is 0.865. The third kappa shape index (κ3) is 3.33. The molecule has 1 aliphatic rings. The highest BCUT2D eigenvalue weighted by Crippen LogP contribution is 2.17. The van der Waals surface area contributed by atoms with E-state index in [-0.39, 0.29) is 17.5 Å². The maximum Gasteiger partial charge on any atom is 0.338 e. The maximum absolute atomic E-state index is 13.3. The summed E-state index contributed by atoms with van der Waals surface area (Å²) in [5.41, 5.74) is -0.673. The van der Waals surface area contributed by atoms with Crippen LogP contribution in [-0.4, -0.2) is 38.7 Å². The SMILES string of the molecule is O=C(O)c1cc(S(=O)(=O)NC2CCCOC2)ccc1F. The third-order valence-corrected chi connectivity index (χ3v) is 4.48. The van der Waals surface area contributed by atoms with E-state index < -0.39 is 27.4 Å². The van der Waals surface area contributed by atoms with E-state index in [0.717, 1.165) is 24.6 Å². The second kappa shape index (κ2) is 5.86. The number of carboxylic acid groups (broad SMARTS) is 1. The summed E-state index contributed by atoms with van der Waals surface area (Å²) in [6, 6.07) is 2.32. The summed E-state index contributed by atoms with van der Waals surface area (Å²) in [4.78, 5) is 10.5. The van der Waals surface area contributed by atoms with Gasteiger partial charge < -0.3 is 9.84 Å². The Morgan fingerprint density at radius 3 is 2.80 bits per heavy atom. The molecule has 110 valence electrons. The Bertz CT molecular complexity index is 610. The van der Waals surface area contributed by atoms with Crippen molar-refractivity contribution in [2.45, 2.75) is 23.8 Å². The fraction of sp³-hybridized carbons (Fsp3) is 0.417. The van der Waals surface area contributed by atoms with Crippen LogP contribution in [0.15, 0.2) is 23.1 Å². The first kappa shape index (κ1) is 14.9. The second-order valence-electron chi connectivity index (χ2n) is 4.48. The molecule has 0 radical (unpaired) electrons. The normalized spacial score (nSPS) is 19.8. The predicted octanol–water partition coefficient (Wildman–Crippen LogP) is 0.981. The summed E-state index contributed by atoms with van der Waals surface area (Å²) in [7, 11) is -3.89. The number of hydrogen-bond donors (Lipinski definition) is 2. The molecular formula is C12H14FNO5S. The first-order valence-electron chi connectivity index (χ1n) is 6.03. The molecular weight excluding hydrogens is 289 g/mol. The molecule has 1 heterocycles. The van der Waals surface area contributed by atoms with E-state index in [1.165, 1.54) is 0 Å². The lowest BCUT2D eigenvalue weighted by Gasteiger charge is -2.23. The van der Waals surface area contributed by atoms with Crippen LogP contribution in [0.3, 0.4) is 0 Å². The molecule has 6 nitrogen and oxygen atoms in total. The van der Waals surface area contributed by atoms with Gasteiger partial charge in [0, 0.05) is 12.6 Å². The standard InChI is InChI=1S/C12H14FNO5S/c13-11-4-3-9(6-10(11)12(15)16)20(17,18)14-8-2-1-5-19-7-8/h3-4,6,8,14H,1-2,5,7H2,(H,15,16). The number of carbonyl (C=O) groups is 1. The highest BCUT2D eigenvalue weighted by atomic mass is 32.2. The molecule has 20 heavy (non-hydrogen) atoms. The maximum atomic E-state index is 13.3. The molecule has 8 heteroatoms. The van der Waals surface area contributed by atoms with Crippen LogP contribution >= 0.6 is 0 Å². The first-order chi connectivity index (χ1) is 9.40. The molecule has 0 aromatic heterocycles. The van der Waals surface area contributed by atoms with Crippen molar-refractivity contribution in [3.63, 3.8) is 0 Å². The molecule has 1 saturated heterocycles. The van der Waals surface area contributed by atoms with Gasteiger partial charge in [-0.05, 0) is 31.0 Å². The highest BCUT2D eigenvalue weighted by molar-refractivity contribution is 7.89. The van der Waals surface area contributed by atoms with Crippen molar-refractivity contribution in [3.05, 3.63) is 29.6 Å². The predicted molar refractivity (Wildman–Crippen MR) is 67.5 cm³/mol. The van der Waals surface area contributed by atoms with Crippen molar-refractivity contribution in [2.24, 2.45) is 0 Å². The van der Waals surface area contributed by atoms with Gasteiger partial charge in [-0.3, -0.25) is 0 Å². The Morgan fingerprint density at radius 1 is 1.45 bits per heavy atom. The summed E-state index contributed by atoms with van der Waals surface area (Å²) >= 11 is 0. The van der Waals surface area contributed by atoms with Gasteiger partial charge in [-0.25, -0.2) is 22.3 Å². The Balaban J connectivity index is 2.24. The molecule has 0 amide bonds. The average Bonchev–Trinajstić information content (AvgIpc) is 2.39. The van der Waals surface area contributed by atoms with Crippen molar-refractivity contribution in [1.29, 1.82) is 0 Å². The molecule has 1 aromatic carbocycles. The average molecular weight is 303 g/mol. The minimum atomic E-state index is -3.89. The molecule has 1 fully saturated rings. The molecule has 2 rings (SSSR count). The molecule has 1 unspecified atom stereocenters. The lowest BCUT2D eigenvalue weighted by Crippen LogP contribution is -2.40. The van der Waals surface area contributed by atoms with Gasteiger partial charge >= 0.3 is 5.97 Å². The zero-order valence-electron chi connectivity index (χ0n) is 10.5. The van der Waals surface area contributed by atoms with Crippen LogP contribution in [0, 0.1) is 5.82 Å². The smallest absolute Gasteiger partial charge is 0.338 e. The number of carboxylic acids is 1. The van der Waals surface area contributed by atoms with Gasteiger partial charge in [0.05, 0.1) is 17.1 Å². The molecule has 2 N–H and O–H groups in total. The third-order valence-electron chi connectivity index (χ3n) is 2.96. The van der Waals surface area contributed by atoms with Crippen LogP contribution in [0.5, 0.6) is 0 Å². The van der Waals surface area contributed by atoms with E-state index in [1.807, 2.05) is 0 Å². The molecule has 0 spiro atoms. The molecule has 1 atom stereocenters. The number of rotatable bonds is 4. The fourth-order valence-electron chi connectivity index (χ4n) is 1.96. The zero-order chi connectivity index (χ0) is 14.8. The minimum absolute atomic E-state index is 0.270. The number of hydrogen-bond acceptors (Lipinski definition) is 4. The number of sulfonamides is 1. The van der Waals surface area contributed by atoms with Crippen LogP contribution in [-0.2, 0) is 14.8 Å². The largest absolute Gasteiger partial charge is 0.478 e. The summed E-state index contributed by atoms with van der Waals surface area (Å²) in [6.07, 6.45) is 1.39. The van der Waals surface area contributed by atoms with E-state index in [0.29, 0.717) is 13.0 Å². The van der Waals surface area contributed by atoms with Crippen LogP contribution in [0.25, 0.3) is 0 Å². The van der Waals surface area contributed by atoms with E-state index >= 15 is 0 Å². The monoisotopic (exact) mass is 303 g/mol. The van der Waals surface area contributed by atoms with Crippen molar-refractivity contribution in [1.82, 2.24) is 4.72 Å². The van der Waals surface area contributed by atoms with E-state index in [9.17, 15) is 17.6 Å². The second-order valence-corrected chi connectivity index (χ2v) is 6.20. The summed E-state index contributed by atoms with van der Waals surface area (Å²) in [5, 5.41) is 8.80. The van der Waals surface area contributed by atoms with Gasteiger partial charge in [0.2, 0.25) is 10.0 Å². The number of aromatic carboxylic acids is 1. The first-order valence-corrected chi connectivity index (χ1v) is 7.51. The van der Waals surface area contributed by atoms with Gasteiger partial charge in [0.25, 0.3) is 0 Å². The number of ether oxygens (including phenoxy) is 1. The summed E-state index contributed by atoms with van der Waals surface area (Å²) < 4.78 is 45.1. The van der Waals surface area contributed by atoms with Gasteiger partial charge in [-0.1, -0.05) is 0 Å². The Kier molecular flexibility index (Phi) is 4.36. The van der Waals surface area contributed by atoms with Crippen molar-refractivity contribution >= 4 is 16.0 Å². The van der Waals surface area contributed by atoms with E-state index in [4.69, 9.17) is 9.84 Å². The van der Waals surface area contributed by atoms with E-state index in [1.54, 1.807) is 0 Å². The summed E-state index contributed by atoms with van der Waals surface area (Å²) in [5.74, 6) is -2.49. The number of benzene rings is 1. The van der Waals surface area contributed by atoms with Gasteiger partial charge in [-0.2, -0.15) is 0 Å². The molecule has 1 aliphatic heterocycles. The number of nitrogens with one attached hydrogen (secondary N) is 1. The van der Waals surface area contributed by atoms with Crippen LogP contribution in [0.4, 0.5) is 4.39 Å². The van der Waals surface area contributed by atoms with Gasteiger partial charge in [0.1, 0.15) is 5.82 Å². The molecule has 1 aromatic rings. The lowest BCUT2D eigenvalue weighted by atomic mass is 10.1. The van der Waals surface area contributed by atoms with E-state index in [2.05, 4.69) is 4.72 Å². The molecule has 0 aliphatic carbocycles. The molecule has 0 saturated carbocycles. The van der Waals surface area contributed by atoms with Crippen LogP contribution < -0.4 is 4.72 Å². The van der Waals surface area contributed by atoms with Gasteiger partial charge in [0.15, 0.2) is 0 Å². The van der Waals surface area contributed by atoms with Crippen molar-refractivity contribution < 1.29 is 27.4 Å². The molecule has 0 bridgehead atoms. The minimum Gasteiger partial charge on any atom is -0.478 e. The van der Waals surface area contributed by atoms with Crippen molar-refractivity contribution in [2.75, 3.05) is 13.2 Å². The lowest BCUT2D eigenvalue weighted by molar-refractivity contribution is 0.0691. The Labute approximate surface area is 115 Å². The fourth-order valence-corrected chi connectivity index (χ4v) is 3.24. The highest BCUT2D eigenvalue weighted by Gasteiger charge is 2.24. The van der Waals surface area contributed by atoms with Crippen LogP contribution in [0.1, 0.15) is 23.2 Å². The zero-order valence-corrected chi connectivity index (χ0v) is 11.3. The Morgan fingerprint density at radius 2 is 2.20 bits per heavy atom. The van der Waals surface area contributed by atoms with Gasteiger partial charge in [-0.15, -0.1) is 0 Å². The Hall–Kier alpha value is -1.51. The van der Waals surface area contributed by atoms with Crippen LogP contribution in [0.2, 0.25) is 0 Å². The topological polar surface area (TPSA) is 92.7 Å². The number of halogens is 1.